The highest BCUT2D eigenvalue weighted by atomic mass is 28.3. The Kier molecular flexibility index (Phi) is 9.51. The first kappa shape index (κ1) is 21.1. The van der Waals surface area contributed by atoms with Gasteiger partial charge in [-0.2, -0.15) is 0 Å². The summed E-state index contributed by atoms with van der Waals surface area (Å²) in [5, 5.41) is 0. The van der Waals surface area contributed by atoms with E-state index >= 15 is 0 Å². The fourth-order valence-electron chi connectivity index (χ4n) is 2.25. The van der Waals surface area contributed by atoms with E-state index in [2.05, 4.69) is 6.58 Å². The van der Waals surface area contributed by atoms with Gasteiger partial charge in [0.15, 0.2) is 0 Å². The molecule has 0 aromatic heterocycles. The van der Waals surface area contributed by atoms with Crippen LogP contribution in [-0.2, 0) is 36.0 Å². The predicted octanol–water partition coefficient (Wildman–Crippen LogP) is 3.66. The molecule has 0 aliphatic heterocycles. The quantitative estimate of drug-likeness (QED) is 0.317. The number of hydrogen-bond donors (Lipinski definition) is 0. The standard InChI is InChI=1S/C21H26O5Si/c1-3-20(26-21(22)4-2)17-25-27(23-15-18-11-7-5-8-12-18)24-16-19-13-9-6-10-14-19/h4-14,20,27H,2-3,15-17H2,1H3. The molecule has 1 unspecified atom stereocenters. The van der Waals surface area contributed by atoms with E-state index in [1.54, 1.807) is 0 Å². The Morgan fingerprint density at radius 2 is 1.48 bits per heavy atom. The number of ether oxygens (including phenoxy) is 1. The molecular formula is C21H26O5Si. The summed E-state index contributed by atoms with van der Waals surface area (Å²) >= 11 is 0. The van der Waals surface area contributed by atoms with Gasteiger partial charge in [0.05, 0.1) is 19.8 Å². The van der Waals surface area contributed by atoms with E-state index in [4.69, 9.17) is 18.0 Å². The lowest BCUT2D eigenvalue weighted by molar-refractivity contribution is -0.145. The number of esters is 1. The van der Waals surface area contributed by atoms with Crippen molar-refractivity contribution in [2.45, 2.75) is 32.7 Å². The lowest BCUT2D eigenvalue weighted by Gasteiger charge is -2.21. The van der Waals surface area contributed by atoms with E-state index < -0.39 is 15.5 Å². The van der Waals surface area contributed by atoms with Gasteiger partial charge in [0.25, 0.3) is 0 Å². The summed E-state index contributed by atoms with van der Waals surface area (Å²) in [5.74, 6) is -0.459. The van der Waals surface area contributed by atoms with Crippen molar-refractivity contribution in [3.05, 3.63) is 84.4 Å². The number of hydrogen-bond acceptors (Lipinski definition) is 5. The molecule has 5 nitrogen and oxygen atoms in total. The van der Waals surface area contributed by atoms with Gasteiger partial charge in [0.2, 0.25) is 0 Å². The minimum Gasteiger partial charge on any atom is -0.457 e. The zero-order valence-corrected chi connectivity index (χ0v) is 16.7. The van der Waals surface area contributed by atoms with E-state index in [0.717, 1.165) is 17.2 Å². The maximum atomic E-state index is 11.4. The zero-order valence-electron chi connectivity index (χ0n) is 15.6. The third kappa shape index (κ3) is 8.32. The molecule has 0 bridgehead atoms. The normalized spacial score (nSPS) is 11.9. The second-order valence-corrected chi connectivity index (χ2v) is 7.46. The van der Waals surface area contributed by atoms with Crippen LogP contribution < -0.4 is 0 Å². The molecule has 2 aromatic carbocycles. The molecule has 0 radical (unpaired) electrons. The second kappa shape index (κ2) is 12.2. The van der Waals surface area contributed by atoms with Gasteiger partial charge in [-0.05, 0) is 17.5 Å². The van der Waals surface area contributed by atoms with E-state index in [1.165, 1.54) is 0 Å². The van der Waals surface area contributed by atoms with Gasteiger partial charge in [-0.3, -0.25) is 0 Å². The zero-order chi connectivity index (χ0) is 19.3. The monoisotopic (exact) mass is 386 g/mol. The maximum Gasteiger partial charge on any atom is 0.484 e. The van der Waals surface area contributed by atoms with E-state index in [1.807, 2.05) is 67.6 Å². The molecule has 144 valence electrons. The highest BCUT2D eigenvalue weighted by Gasteiger charge is 2.20. The summed E-state index contributed by atoms with van der Waals surface area (Å²) in [6.45, 7) is 6.40. The van der Waals surface area contributed by atoms with Crippen LogP contribution in [0.25, 0.3) is 0 Å². The van der Waals surface area contributed by atoms with Gasteiger partial charge < -0.3 is 18.0 Å². The molecule has 2 aromatic rings. The highest BCUT2D eigenvalue weighted by molar-refractivity contribution is 6.36. The van der Waals surface area contributed by atoms with Crippen LogP contribution in [0, 0.1) is 0 Å². The minimum absolute atomic E-state index is 0.233. The number of carbonyl (C=O) groups excluding carboxylic acids is 1. The van der Waals surface area contributed by atoms with Crippen molar-refractivity contribution in [2.75, 3.05) is 6.61 Å². The van der Waals surface area contributed by atoms with Crippen LogP contribution in [0.5, 0.6) is 0 Å². The molecule has 0 spiro atoms. The van der Waals surface area contributed by atoms with Gasteiger partial charge in [0.1, 0.15) is 6.10 Å². The lowest BCUT2D eigenvalue weighted by atomic mass is 10.2. The summed E-state index contributed by atoms with van der Waals surface area (Å²) in [4.78, 5) is 11.4. The van der Waals surface area contributed by atoms with Gasteiger partial charge in [-0.1, -0.05) is 74.2 Å². The first-order valence-corrected chi connectivity index (χ1v) is 10.4. The number of rotatable bonds is 12. The first-order valence-electron chi connectivity index (χ1n) is 8.97. The molecule has 0 heterocycles. The summed E-state index contributed by atoms with van der Waals surface area (Å²) < 4.78 is 22.9. The SMILES string of the molecule is C=CC(=O)OC(CC)CO[SiH](OCc1ccccc1)OCc1ccccc1. The molecule has 0 amide bonds. The molecule has 1 atom stereocenters. The number of carbonyl (C=O) groups is 1. The van der Waals surface area contributed by atoms with Crippen LogP contribution in [0.1, 0.15) is 24.5 Å². The van der Waals surface area contributed by atoms with Crippen LogP contribution in [0.3, 0.4) is 0 Å². The van der Waals surface area contributed by atoms with Crippen LogP contribution in [0.2, 0.25) is 0 Å². The van der Waals surface area contributed by atoms with E-state index in [-0.39, 0.29) is 12.7 Å². The van der Waals surface area contributed by atoms with Crippen molar-refractivity contribution in [1.29, 1.82) is 0 Å². The average Bonchev–Trinajstić information content (AvgIpc) is 2.73. The molecule has 0 fully saturated rings. The largest absolute Gasteiger partial charge is 0.484 e. The van der Waals surface area contributed by atoms with E-state index in [0.29, 0.717) is 19.6 Å². The Hall–Kier alpha value is -2.25. The van der Waals surface area contributed by atoms with Crippen molar-refractivity contribution in [3.63, 3.8) is 0 Å². The molecule has 0 aliphatic rings. The highest BCUT2D eigenvalue weighted by Crippen LogP contribution is 2.09. The molecule has 6 heteroatoms. The smallest absolute Gasteiger partial charge is 0.457 e. The Balaban J connectivity index is 1.90. The molecular weight excluding hydrogens is 360 g/mol. The van der Waals surface area contributed by atoms with Gasteiger partial charge >= 0.3 is 15.5 Å². The lowest BCUT2D eigenvalue weighted by Crippen LogP contribution is -2.32. The Bertz CT molecular complexity index is 634. The maximum absolute atomic E-state index is 11.4. The van der Waals surface area contributed by atoms with Crippen LogP contribution in [0.4, 0.5) is 0 Å². The van der Waals surface area contributed by atoms with Crippen LogP contribution >= 0.6 is 0 Å². The fraction of sp³-hybridized carbons (Fsp3) is 0.286. The Morgan fingerprint density at radius 1 is 0.963 bits per heavy atom. The fourth-order valence-corrected chi connectivity index (χ4v) is 3.57. The summed E-state index contributed by atoms with van der Waals surface area (Å²) in [7, 11) is -2.41. The molecule has 27 heavy (non-hydrogen) atoms. The van der Waals surface area contributed by atoms with Crippen LogP contribution in [-0.4, -0.2) is 28.2 Å². The van der Waals surface area contributed by atoms with Crippen molar-refractivity contribution >= 4 is 15.5 Å². The summed E-state index contributed by atoms with van der Waals surface area (Å²) in [5.41, 5.74) is 2.10. The Morgan fingerprint density at radius 3 is 1.93 bits per heavy atom. The van der Waals surface area contributed by atoms with Gasteiger partial charge in [-0.25, -0.2) is 4.79 Å². The van der Waals surface area contributed by atoms with E-state index in [9.17, 15) is 4.79 Å². The van der Waals surface area contributed by atoms with Crippen molar-refractivity contribution in [3.8, 4) is 0 Å². The second-order valence-electron chi connectivity index (χ2n) is 5.89. The minimum atomic E-state index is -2.41. The third-order valence-corrected chi connectivity index (χ3v) is 5.12. The van der Waals surface area contributed by atoms with Crippen molar-refractivity contribution in [1.82, 2.24) is 0 Å². The Labute approximate surface area is 162 Å². The van der Waals surface area contributed by atoms with Crippen LogP contribution in [0.15, 0.2) is 73.3 Å². The average molecular weight is 387 g/mol. The third-order valence-electron chi connectivity index (χ3n) is 3.78. The van der Waals surface area contributed by atoms with Gasteiger partial charge in [0, 0.05) is 6.08 Å². The molecule has 2 rings (SSSR count). The molecule has 0 saturated carbocycles. The molecule has 0 saturated heterocycles. The summed E-state index contributed by atoms with van der Waals surface area (Å²) in [6, 6.07) is 19.7. The topological polar surface area (TPSA) is 54.0 Å². The van der Waals surface area contributed by atoms with Crippen molar-refractivity contribution in [2.24, 2.45) is 0 Å². The first-order chi connectivity index (χ1) is 13.2. The predicted molar refractivity (Wildman–Crippen MR) is 106 cm³/mol. The van der Waals surface area contributed by atoms with Crippen molar-refractivity contribution < 1.29 is 22.8 Å². The molecule has 0 aliphatic carbocycles. The summed E-state index contributed by atoms with van der Waals surface area (Å²) in [6.07, 6.45) is 1.43. The number of benzene rings is 2. The van der Waals surface area contributed by atoms with Gasteiger partial charge in [-0.15, -0.1) is 0 Å². The molecule has 0 N–H and O–H groups in total.